The molecule has 0 saturated carbocycles. The molecule has 0 aliphatic carbocycles. The molecule has 2 atom stereocenters. The maximum atomic E-state index is 10.6. The Bertz CT molecular complexity index is 639. The molecule has 0 fully saturated rings. The Morgan fingerprint density at radius 3 is 2.90 bits per heavy atom. The van der Waals surface area contributed by atoms with Crippen LogP contribution in [0.2, 0.25) is 0 Å². The van der Waals surface area contributed by atoms with E-state index in [-0.39, 0.29) is 0 Å². The average Bonchev–Trinajstić information content (AvgIpc) is 2.50. The van der Waals surface area contributed by atoms with Crippen LogP contribution in [0.3, 0.4) is 0 Å². The molecule has 2 nitrogen and oxygen atoms in total. The summed E-state index contributed by atoms with van der Waals surface area (Å²) < 4.78 is 6.77. The molecule has 21 heavy (non-hydrogen) atoms. The summed E-state index contributed by atoms with van der Waals surface area (Å²) in [4.78, 5) is 0. The van der Waals surface area contributed by atoms with Crippen molar-refractivity contribution in [3.63, 3.8) is 0 Å². The van der Waals surface area contributed by atoms with E-state index in [4.69, 9.17) is 4.74 Å². The Labute approximate surface area is 133 Å². The Morgan fingerprint density at radius 2 is 2.10 bits per heavy atom. The SMILES string of the molecule is Cc1cc(C(O)CC2CCOc3ccccc32)ccc1Br. The lowest BCUT2D eigenvalue weighted by atomic mass is 9.86. The zero-order valence-corrected chi connectivity index (χ0v) is 13.6. The quantitative estimate of drug-likeness (QED) is 0.868. The van der Waals surface area contributed by atoms with Crippen LogP contribution in [0.15, 0.2) is 46.9 Å². The van der Waals surface area contributed by atoms with Crippen LogP contribution in [0, 0.1) is 6.92 Å². The second-order valence-corrected chi connectivity index (χ2v) is 6.49. The van der Waals surface area contributed by atoms with Crippen molar-refractivity contribution < 1.29 is 9.84 Å². The maximum absolute atomic E-state index is 10.6. The Balaban J connectivity index is 1.79. The number of hydrogen-bond acceptors (Lipinski definition) is 2. The minimum atomic E-state index is -0.437. The van der Waals surface area contributed by atoms with Crippen LogP contribution >= 0.6 is 15.9 Å². The predicted octanol–water partition coefficient (Wildman–Crippen LogP) is 4.75. The van der Waals surface area contributed by atoms with Crippen LogP contribution in [0.1, 0.15) is 41.6 Å². The molecule has 0 saturated heterocycles. The van der Waals surface area contributed by atoms with Crippen LogP contribution in [0.25, 0.3) is 0 Å². The molecule has 2 aromatic rings. The van der Waals surface area contributed by atoms with E-state index in [1.807, 2.05) is 37.3 Å². The first-order valence-electron chi connectivity index (χ1n) is 7.31. The molecular formula is C18H19BrO2. The minimum absolute atomic E-state index is 0.355. The first-order valence-corrected chi connectivity index (χ1v) is 8.10. The van der Waals surface area contributed by atoms with Gasteiger partial charge in [-0.15, -0.1) is 0 Å². The van der Waals surface area contributed by atoms with Crippen LogP contribution in [-0.4, -0.2) is 11.7 Å². The lowest BCUT2D eigenvalue weighted by molar-refractivity contribution is 0.145. The van der Waals surface area contributed by atoms with Crippen molar-refractivity contribution in [2.24, 2.45) is 0 Å². The van der Waals surface area contributed by atoms with Gasteiger partial charge in [0.25, 0.3) is 0 Å². The number of benzene rings is 2. The van der Waals surface area contributed by atoms with E-state index in [0.717, 1.165) is 40.8 Å². The van der Waals surface area contributed by atoms with E-state index in [1.54, 1.807) is 0 Å². The molecule has 1 aliphatic rings. The molecule has 0 aromatic heterocycles. The summed E-state index contributed by atoms with van der Waals surface area (Å²) in [5, 5.41) is 10.6. The van der Waals surface area contributed by atoms with Crippen molar-refractivity contribution in [1.29, 1.82) is 0 Å². The fourth-order valence-electron chi connectivity index (χ4n) is 2.94. The zero-order valence-electron chi connectivity index (χ0n) is 12.1. The van der Waals surface area contributed by atoms with Gasteiger partial charge in [-0.25, -0.2) is 0 Å². The first-order chi connectivity index (χ1) is 10.1. The smallest absolute Gasteiger partial charge is 0.122 e. The Kier molecular flexibility index (Phi) is 4.32. The Hall–Kier alpha value is -1.32. The second kappa shape index (κ2) is 6.20. The summed E-state index contributed by atoms with van der Waals surface area (Å²) in [5.41, 5.74) is 3.36. The van der Waals surface area contributed by atoms with Crippen LogP contribution in [0.5, 0.6) is 5.75 Å². The monoisotopic (exact) mass is 346 g/mol. The lowest BCUT2D eigenvalue weighted by Crippen LogP contribution is -2.16. The summed E-state index contributed by atoms with van der Waals surface area (Å²) in [6.07, 6.45) is 1.26. The van der Waals surface area contributed by atoms with Gasteiger partial charge in [-0.05, 0) is 54.5 Å². The molecule has 1 N–H and O–H groups in total. The van der Waals surface area contributed by atoms with Crippen LogP contribution in [0.4, 0.5) is 0 Å². The molecule has 2 unspecified atom stereocenters. The van der Waals surface area contributed by atoms with E-state index < -0.39 is 6.10 Å². The first kappa shape index (κ1) is 14.6. The summed E-state index contributed by atoms with van der Waals surface area (Å²) in [6, 6.07) is 14.2. The van der Waals surface area contributed by atoms with Crippen molar-refractivity contribution in [1.82, 2.24) is 0 Å². The normalized spacial score (nSPS) is 18.7. The van der Waals surface area contributed by atoms with Crippen molar-refractivity contribution in [3.05, 3.63) is 63.6 Å². The van der Waals surface area contributed by atoms with Gasteiger partial charge >= 0.3 is 0 Å². The number of para-hydroxylation sites is 1. The molecule has 0 radical (unpaired) electrons. The minimum Gasteiger partial charge on any atom is -0.493 e. The van der Waals surface area contributed by atoms with Crippen molar-refractivity contribution in [2.75, 3.05) is 6.61 Å². The highest BCUT2D eigenvalue weighted by molar-refractivity contribution is 9.10. The highest BCUT2D eigenvalue weighted by Gasteiger charge is 2.24. The summed E-state index contributed by atoms with van der Waals surface area (Å²) in [6.45, 7) is 2.78. The average molecular weight is 347 g/mol. The van der Waals surface area contributed by atoms with E-state index in [2.05, 4.69) is 28.1 Å². The number of aryl methyl sites for hydroxylation is 1. The fourth-order valence-corrected chi connectivity index (χ4v) is 3.19. The van der Waals surface area contributed by atoms with Crippen LogP contribution in [-0.2, 0) is 0 Å². The zero-order chi connectivity index (χ0) is 14.8. The number of ether oxygens (including phenoxy) is 1. The molecule has 110 valence electrons. The summed E-state index contributed by atoms with van der Waals surface area (Å²) in [7, 11) is 0. The van der Waals surface area contributed by atoms with Gasteiger partial charge in [0.15, 0.2) is 0 Å². The molecule has 0 amide bonds. The van der Waals surface area contributed by atoms with E-state index in [1.165, 1.54) is 5.56 Å². The molecule has 1 heterocycles. The maximum Gasteiger partial charge on any atom is 0.122 e. The Morgan fingerprint density at radius 1 is 1.29 bits per heavy atom. The van der Waals surface area contributed by atoms with E-state index >= 15 is 0 Å². The predicted molar refractivity (Wildman–Crippen MR) is 87.8 cm³/mol. The molecule has 0 bridgehead atoms. The number of fused-ring (bicyclic) bond motifs is 1. The molecule has 3 heteroatoms. The number of hydrogen-bond donors (Lipinski definition) is 1. The van der Waals surface area contributed by atoms with Crippen molar-refractivity contribution >= 4 is 15.9 Å². The van der Waals surface area contributed by atoms with E-state index in [0.29, 0.717) is 5.92 Å². The largest absolute Gasteiger partial charge is 0.493 e. The number of aliphatic hydroxyl groups is 1. The summed E-state index contributed by atoms with van der Waals surface area (Å²) >= 11 is 3.50. The molecular weight excluding hydrogens is 328 g/mol. The van der Waals surface area contributed by atoms with Gasteiger partial charge in [-0.2, -0.15) is 0 Å². The van der Waals surface area contributed by atoms with Crippen molar-refractivity contribution in [3.8, 4) is 5.75 Å². The van der Waals surface area contributed by atoms with Gasteiger partial charge in [-0.3, -0.25) is 0 Å². The van der Waals surface area contributed by atoms with Gasteiger partial charge in [0, 0.05) is 4.47 Å². The number of rotatable bonds is 3. The van der Waals surface area contributed by atoms with Crippen molar-refractivity contribution in [2.45, 2.75) is 31.8 Å². The van der Waals surface area contributed by atoms with Gasteiger partial charge < -0.3 is 9.84 Å². The van der Waals surface area contributed by atoms with Crippen LogP contribution < -0.4 is 4.74 Å². The van der Waals surface area contributed by atoms with Gasteiger partial charge in [0.1, 0.15) is 5.75 Å². The third-order valence-electron chi connectivity index (χ3n) is 4.16. The third-order valence-corrected chi connectivity index (χ3v) is 5.05. The molecule has 0 spiro atoms. The van der Waals surface area contributed by atoms with E-state index in [9.17, 15) is 5.11 Å². The molecule has 2 aromatic carbocycles. The fraction of sp³-hybridized carbons (Fsp3) is 0.333. The number of halogens is 1. The third kappa shape index (κ3) is 3.14. The second-order valence-electron chi connectivity index (χ2n) is 5.63. The van der Waals surface area contributed by atoms with Gasteiger partial charge in [-0.1, -0.05) is 46.3 Å². The summed E-state index contributed by atoms with van der Waals surface area (Å²) in [5.74, 6) is 1.32. The van der Waals surface area contributed by atoms with Gasteiger partial charge in [0.2, 0.25) is 0 Å². The number of aliphatic hydroxyl groups excluding tert-OH is 1. The molecule has 3 rings (SSSR count). The molecule has 1 aliphatic heterocycles. The van der Waals surface area contributed by atoms with Gasteiger partial charge in [0.05, 0.1) is 12.7 Å². The highest BCUT2D eigenvalue weighted by atomic mass is 79.9. The lowest BCUT2D eigenvalue weighted by Gasteiger charge is -2.27. The standard InChI is InChI=1S/C18H19BrO2/c1-12-10-14(6-7-16(12)19)17(20)11-13-8-9-21-18-5-3-2-4-15(13)18/h2-7,10,13,17,20H,8-9,11H2,1H3. The topological polar surface area (TPSA) is 29.5 Å². The highest BCUT2D eigenvalue weighted by Crippen LogP contribution is 2.39.